The van der Waals surface area contributed by atoms with Crippen LogP contribution < -0.4 is 5.32 Å². The van der Waals surface area contributed by atoms with E-state index in [0.717, 1.165) is 32.1 Å². The second-order valence-corrected chi connectivity index (χ2v) is 5.14. The van der Waals surface area contributed by atoms with Gasteiger partial charge in [-0.1, -0.05) is 13.0 Å². The number of rotatable bonds is 6. The zero-order chi connectivity index (χ0) is 14.4. The van der Waals surface area contributed by atoms with Gasteiger partial charge in [0.05, 0.1) is 13.2 Å². The minimum Gasteiger partial charge on any atom is -0.378 e. The smallest absolute Gasteiger partial charge is 0.130 e. The van der Waals surface area contributed by atoms with Crippen LogP contribution in [0.4, 0.5) is 8.78 Å². The van der Waals surface area contributed by atoms with Gasteiger partial charge in [0.2, 0.25) is 0 Å². The molecule has 0 saturated carbocycles. The summed E-state index contributed by atoms with van der Waals surface area (Å²) in [6, 6.07) is 4.01. The summed E-state index contributed by atoms with van der Waals surface area (Å²) in [5.74, 6) is -1.01. The van der Waals surface area contributed by atoms with E-state index in [-0.39, 0.29) is 6.04 Å². The lowest BCUT2D eigenvalue weighted by molar-refractivity contribution is -0.0113. The molecule has 1 heterocycles. The quantitative estimate of drug-likeness (QED) is 0.810. The molecular weight excluding hydrogens is 262 g/mol. The van der Waals surface area contributed by atoms with Crippen LogP contribution in [0.5, 0.6) is 0 Å². The van der Waals surface area contributed by atoms with E-state index < -0.39 is 11.6 Å². The Hall–Kier alpha value is -1.04. The number of hydrogen-bond acceptors (Lipinski definition) is 3. The van der Waals surface area contributed by atoms with Gasteiger partial charge in [-0.05, 0) is 19.0 Å². The monoisotopic (exact) mass is 284 g/mol. The van der Waals surface area contributed by atoms with Gasteiger partial charge in [-0.3, -0.25) is 4.90 Å². The minimum atomic E-state index is -0.533. The molecule has 1 aliphatic rings. The van der Waals surface area contributed by atoms with E-state index in [9.17, 15) is 8.78 Å². The van der Waals surface area contributed by atoms with E-state index in [2.05, 4.69) is 17.1 Å². The summed E-state index contributed by atoms with van der Waals surface area (Å²) in [5.41, 5.74) is 0.536. The Kier molecular flexibility index (Phi) is 5.88. The minimum absolute atomic E-state index is 0.236. The van der Waals surface area contributed by atoms with Crippen LogP contribution in [-0.4, -0.2) is 43.8 Å². The predicted molar refractivity (Wildman–Crippen MR) is 74.5 cm³/mol. The number of morpholine rings is 1. The number of nitrogens with one attached hydrogen (secondary N) is 1. The first kappa shape index (κ1) is 15.4. The summed E-state index contributed by atoms with van der Waals surface area (Å²) in [6.45, 7) is 6.50. The largest absolute Gasteiger partial charge is 0.378 e. The molecule has 2 rings (SSSR count). The van der Waals surface area contributed by atoms with Crippen molar-refractivity contribution in [2.45, 2.75) is 25.9 Å². The molecule has 0 aliphatic carbocycles. The highest BCUT2D eigenvalue weighted by Crippen LogP contribution is 2.16. The molecule has 5 heteroatoms. The predicted octanol–water partition coefficient (Wildman–Crippen LogP) is 2.17. The van der Waals surface area contributed by atoms with Crippen molar-refractivity contribution in [3.8, 4) is 0 Å². The third-order valence-electron chi connectivity index (χ3n) is 3.54. The van der Waals surface area contributed by atoms with Gasteiger partial charge in [0, 0.05) is 37.3 Å². The highest BCUT2D eigenvalue weighted by Gasteiger charge is 2.23. The maximum atomic E-state index is 13.7. The summed E-state index contributed by atoms with van der Waals surface area (Å²) in [4.78, 5) is 2.20. The number of ether oxygens (including phenoxy) is 1. The maximum absolute atomic E-state index is 13.7. The molecule has 0 radical (unpaired) electrons. The van der Waals surface area contributed by atoms with Crippen molar-refractivity contribution in [2.24, 2.45) is 0 Å². The van der Waals surface area contributed by atoms with Crippen molar-refractivity contribution in [3.05, 3.63) is 35.4 Å². The highest BCUT2D eigenvalue weighted by molar-refractivity contribution is 5.18. The zero-order valence-electron chi connectivity index (χ0n) is 11.9. The molecule has 20 heavy (non-hydrogen) atoms. The Balaban J connectivity index is 1.97. The standard InChI is InChI=1S/C15H22F2N2O/c1-2-5-18-9-14-11-20-7-6-19(14)10-12-3-4-13(16)8-15(12)17/h3-4,8,14,18H,2,5-7,9-11H2,1H3. The lowest BCUT2D eigenvalue weighted by atomic mass is 10.1. The second kappa shape index (κ2) is 7.67. The first-order valence-electron chi connectivity index (χ1n) is 7.17. The van der Waals surface area contributed by atoms with Gasteiger partial charge in [-0.15, -0.1) is 0 Å². The molecule has 3 nitrogen and oxygen atoms in total. The first-order chi connectivity index (χ1) is 9.70. The summed E-state index contributed by atoms with van der Waals surface area (Å²) >= 11 is 0. The molecule has 1 fully saturated rings. The van der Waals surface area contributed by atoms with Crippen molar-refractivity contribution in [1.82, 2.24) is 10.2 Å². The van der Waals surface area contributed by atoms with Crippen LogP contribution in [0.3, 0.4) is 0 Å². The van der Waals surface area contributed by atoms with Crippen LogP contribution in [0.15, 0.2) is 18.2 Å². The lowest BCUT2D eigenvalue weighted by Gasteiger charge is -2.35. The summed E-state index contributed by atoms with van der Waals surface area (Å²) in [5, 5.41) is 3.37. The van der Waals surface area contributed by atoms with Crippen molar-refractivity contribution >= 4 is 0 Å². The number of halogens is 2. The SMILES string of the molecule is CCCNCC1COCCN1Cc1ccc(F)cc1F. The molecule has 1 aliphatic heterocycles. The van der Waals surface area contributed by atoms with Gasteiger partial charge in [-0.25, -0.2) is 8.78 Å². The molecule has 1 unspecified atom stereocenters. The molecule has 1 saturated heterocycles. The Morgan fingerprint density at radius 3 is 3.00 bits per heavy atom. The summed E-state index contributed by atoms with van der Waals surface area (Å²) in [7, 11) is 0. The Morgan fingerprint density at radius 2 is 2.25 bits per heavy atom. The van der Waals surface area contributed by atoms with E-state index in [4.69, 9.17) is 4.74 Å². The number of benzene rings is 1. The van der Waals surface area contributed by atoms with Crippen LogP contribution in [0.1, 0.15) is 18.9 Å². The van der Waals surface area contributed by atoms with Gasteiger partial charge in [-0.2, -0.15) is 0 Å². The fourth-order valence-electron chi connectivity index (χ4n) is 2.40. The Labute approximate surface area is 118 Å². The van der Waals surface area contributed by atoms with Gasteiger partial charge in [0.1, 0.15) is 11.6 Å². The molecule has 1 aromatic carbocycles. The van der Waals surface area contributed by atoms with E-state index in [0.29, 0.717) is 25.3 Å². The number of hydrogen-bond donors (Lipinski definition) is 1. The van der Waals surface area contributed by atoms with Gasteiger partial charge < -0.3 is 10.1 Å². The second-order valence-electron chi connectivity index (χ2n) is 5.14. The van der Waals surface area contributed by atoms with Crippen molar-refractivity contribution in [3.63, 3.8) is 0 Å². The fraction of sp³-hybridized carbons (Fsp3) is 0.600. The fourth-order valence-corrected chi connectivity index (χ4v) is 2.40. The van der Waals surface area contributed by atoms with E-state index in [1.165, 1.54) is 12.1 Å². The van der Waals surface area contributed by atoms with Crippen LogP contribution in [0, 0.1) is 11.6 Å². The maximum Gasteiger partial charge on any atom is 0.130 e. The van der Waals surface area contributed by atoms with Gasteiger partial charge >= 0.3 is 0 Å². The number of nitrogens with zero attached hydrogens (tertiary/aromatic N) is 1. The normalized spacial score (nSPS) is 20.2. The average molecular weight is 284 g/mol. The lowest BCUT2D eigenvalue weighted by Crippen LogP contribution is -2.50. The summed E-state index contributed by atoms with van der Waals surface area (Å²) < 4.78 is 32.1. The van der Waals surface area contributed by atoms with Crippen molar-refractivity contribution in [2.75, 3.05) is 32.8 Å². The highest BCUT2D eigenvalue weighted by atomic mass is 19.1. The zero-order valence-corrected chi connectivity index (χ0v) is 11.9. The van der Waals surface area contributed by atoms with Crippen molar-refractivity contribution < 1.29 is 13.5 Å². The molecule has 0 bridgehead atoms. The topological polar surface area (TPSA) is 24.5 Å². The third-order valence-corrected chi connectivity index (χ3v) is 3.54. The Bertz CT molecular complexity index is 428. The average Bonchev–Trinajstić information content (AvgIpc) is 2.44. The van der Waals surface area contributed by atoms with Crippen LogP contribution in [-0.2, 0) is 11.3 Å². The molecule has 112 valence electrons. The Morgan fingerprint density at radius 1 is 1.40 bits per heavy atom. The van der Waals surface area contributed by atoms with Gasteiger partial charge in [0.25, 0.3) is 0 Å². The van der Waals surface area contributed by atoms with E-state index in [1.807, 2.05) is 0 Å². The first-order valence-corrected chi connectivity index (χ1v) is 7.17. The molecule has 1 atom stereocenters. The van der Waals surface area contributed by atoms with Crippen LogP contribution in [0.25, 0.3) is 0 Å². The van der Waals surface area contributed by atoms with E-state index >= 15 is 0 Å². The molecular formula is C15H22F2N2O. The molecule has 0 spiro atoms. The van der Waals surface area contributed by atoms with E-state index in [1.54, 1.807) is 0 Å². The van der Waals surface area contributed by atoms with Crippen LogP contribution in [0.2, 0.25) is 0 Å². The third kappa shape index (κ3) is 4.23. The van der Waals surface area contributed by atoms with Crippen LogP contribution >= 0.6 is 0 Å². The molecule has 0 aromatic heterocycles. The molecule has 0 amide bonds. The van der Waals surface area contributed by atoms with Gasteiger partial charge in [0.15, 0.2) is 0 Å². The van der Waals surface area contributed by atoms with Crippen molar-refractivity contribution in [1.29, 1.82) is 0 Å². The molecule has 1 aromatic rings. The summed E-state index contributed by atoms with van der Waals surface area (Å²) in [6.07, 6.45) is 1.08. The molecule has 1 N–H and O–H groups in total.